The third-order valence-corrected chi connectivity index (χ3v) is 7.49. The lowest BCUT2D eigenvalue weighted by molar-refractivity contribution is 0.260. The van der Waals surface area contributed by atoms with E-state index < -0.39 is 10.2 Å². The molecule has 1 saturated carbocycles. The quantitative estimate of drug-likeness (QED) is 0.776. The van der Waals surface area contributed by atoms with E-state index in [1.165, 1.54) is 17.1 Å². The first-order valence-electron chi connectivity index (χ1n) is 9.07. The lowest BCUT2D eigenvalue weighted by Crippen LogP contribution is -2.46. The molecular weight excluding hydrogens is 350 g/mol. The molecule has 0 amide bonds. The van der Waals surface area contributed by atoms with Crippen molar-refractivity contribution in [3.05, 3.63) is 42.5 Å². The van der Waals surface area contributed by atoms with E-state index >= 15 is 0 Å². The Bertz CT molecular complexity index is 799. The number of rotatable bonds is 6. The van der Waals surface area contributed by atoms with Gasteiger partial charge in [0.05, 0.1) is 5.69 Å². The monoisotopic (exact) mass is 377 g/mol. The molecule has 1 atom stereocenters. The van der Waals surface area contributed by atoms with Crippen LogP contribution >= 0.6 is 0 Å². The summed E-state index contributed by atoms with van der Waals surface area (Å²) >= 11 is 0. The first-order valence-corrected chi connectivity index (χ1v) is 10.5. The van der Waals surface area contributed by atoms with Crippen LogP contribution in [0.5, 0.6) is 0 Å². The summed E-state index contributed by atoms with van der Waals surface area (Å²) in [6.45, 7) is 1.91. The summed E-state index contributed by atoms with van der Waals surface area (Å²) in [6.07, 6.45) is 8.43. The molecule has 1 aromatic carbocycles. The van der Waals surface area contributed by atoms with Crippen LogP contribution < -0.4 is 0 Å². The Morgan fingerprint density at radius 1 is 1.12 bits per heavy atom. The minimum Gasteiger partial charge on any atom is -0.223 e. The molecule has 3 rings (SSSR count). The highest BCUT2D eigenvalue weighted by Crippen LogP contribution is 2.28. The lowest BCUT2D eigenvalue weighted by Gasteiger charge is -2.35. The summed E-state index contributed by atoms with van der Waals surface area (Å²) in [7, 11) is -0.132. The van der Waals surface area contributed by atoms with Crippen molar-refractivity contribution in [2.24, 2.45) is 0 Å². The zero-order valence-corrected chi connectivity index (χ0v) is 16.4. The SMILES string of the molecule is CC(c1ccc(-n2cncn2)cc1)N(C)S(=O)(=O)N(C)C1CCCCC1. The van der Waals surface area contributed by atoms with Crippen LogP contribution in [0.25, 0.3) is 5.69 Å². The molecule has 1 heterocycles. The highest BCUT2D eigenvalue weighted by atomic mass is 32.2. The molecule has 0 aliphatic heterocycles. The highest BCUT2D eigenvalue weighted by molar-refractivity contribution is 7.86. The van der Waals surface area contributed by atoms with Crippen LogP contribution in [0.4, 0.5) is 0 Å². The van der Waals surface area contributed by atoms with E-state index in [4.69, 9.17) is 0 Å². The van der Waals surface area contributed by atoms with Crippen molar-refractivity contribution in [1.29, 1.82) is 0 Å². The van der Waals surface area contributed by atoms with Crippen molar-refractivity contribution in [1.82, 2.24) is 23.4 Å². The average Bonchev–Trinajstić information content (AvgIpc) is 3.21. The Labute approximate surface area is 155 Å². The largest absolute Gasteiger partial charge is 0.282 e. The van der Waals surface area contributed by atoms with Gasteiger partial charge in [0.2, 0.25) is 0 Å². The van der Waals surface area contributed by atoms with Gasteiger partial charge in [-0.25, -0.2) is 9.67 Å². The topological polar surface area (TPSA) is 71.3 Å². The summed E-state index contributed by atoms with van der Waals surface area (Å²) in [6, 6.07) is 7.58. The standard InChI is InChI=1S/C18H27N5O2S/c1-15(16-9-11-18(12-10-16)23-14-19-13-20-23)21(2)26(24,25)22(3)17-7-5-4-6-8-17/h9-15,17H,4-8H2,1-3H3. The van der Waals surface area contributed by atoms with Crippen molar-refractivity contribution in [2.75, 3.05) is 14.1 Å². The van der Waals surface area contributed by atoms with E-state index in [2.05, 4.69) is 10.1 Å². The van der Waals surface area contributed by atoms with Crippen molar-refractivity contribution in [2.45, 2.75) is 51.1 Å². The fourth-order valence-electron chi connectivity index (χ4n) is 3.49. The van der Waals surface area contributed by atoms with Crippen molar-refractivity contribution < 1.29 is 8.42 Å². The molecule has 7 nitrogen and oxygen atoms in total. The average molecular weight is 378 g/mol. The minimum atomic E-state index is -3.50. The van der Waals surface area contributed by atoms with Gasteiger partial charge in [0.25, 0.3) is 10.2 Å². The zero-order valence-electron chi connectivity index (χ0n) is 15.6. The van der Waals surface area contributed by atoms with Gasteiger partial charge in [0, 0.05) is 26.2 Å². The highest BCUT2D eigenvalue weighted by Gasteiger charge is 2.33. The lowest BCUT2D eigenvalue weighted by atomic mass is 9.96. The van der Waals surface area contributed by atoms with E-state index in [0.29, 0.717) is 0 Å². The van der Waals surface area contributed by atoms with Gasteiger partial charge in [-0.15, -0.1) is 0 Å². The molecule has 1 aromatic heterocycles. The Balaban J connectivity index is 1.74. The summed E-state index contributed by atoms with van der Waals surface area (Å²) in [4.78, 5) is 3.94. The van der Waals surface area contributed by atoms with Gasteiger partial charge in [-0.1, -0.05) is 31.4 Å². The van der Waals surface area contributed by atoms with Gasteiger partial charge < -0.3 is 0 Å². The van der Waals surface area contributed by atoms with Crippen molar-refractivity contribution >= 4 is 10.2 Å². The second kappa shape index (κ2) is 7.85. The van der Waals surface area contributed by atoms with Crippen LogP contribution in [0, 0.1) is 0 Å². The van der Waals surface area contributed by atoms with Crippen LogP contribution in [0.1, 0.15) is 50.6 Å². The maximum Gasteiger partial charge on any atom is 0.282 e. The van der Waals surface area contributed by atoms with Crippen LogP contribution in [-0.4, -0.2) is 51.9 Å². The molecule has 0 saturated heterocycles. The third-order valence-electron chi connectivity index (χ3n) is 5.42. The molecule has 0 N–H and O–H groups in total. The van der Waals surface area contributed by atoms with E-state index in [0.717, 1.165) is 36.9 Å². The molecule has 1 aliphatic carbocycles. The fraction of sp³-hybridized carbons (Fsp3) is 0.556. The summed E-state index contributed by atoms with van der Waals surface area (Å²) in [5.41, 5.74) is 1.83. The molecule has 26 heavy (non-hydrogen) atoms. The maximum atomic E-state index is 13.0. The number of hydrogen-bond acceptors (Lipinski definition) is 4. The molecule has 1 aliphatic rings. The van der Waals surface area contributed by atoms with E-state index in [-0.39, 0.29) is 12.1 Å². The molecule has 2 aromatic rings. The summed E-state index contributed by atoms with van der Waals surface area (Å²) in [5.74, 6) is 0. The van der Waals surface area contributed by atoms with Gasteiger partial charge in [-0.05, 0) is 37.5 Å². The molecule has 142 valence electrons. The van der Waals surface area contributed by atoms with Gasteiger partial charge in [-0.2, -0.15) is 22.1 Å². The molecule has 0 bridgehead atoms. The van der Waals surface area contributed by atoms with Gasteiger partial charge in [0.1, 0.15) is 12.7 Å². The number of benzene rings is 1. The zero-order chi connectivity index (χ0) is 18.7. The van der Waals surface area contributed by atoms with Gasteiger partial charge >= 0.3 is 0 Å². The Hall–Kier alpha value is -1.77. The van der Waals surface area contributed by atoms with E-state index in [1.54, 1.807) is 29.4 Å². The predicted octanol–water partition coefficient (Wildman–Crippen LogP) is 2.77. The van der Waals surface area contributed by atoms with E-state index in [9.17, 15) is 8.42 Å². The second-order valence-corrected chi connectivity index (χ2v) is 8.99. The fourth-order valence-corrected chi connectivity index (χ4v) is 5.01. The summed E-state index contributed by atoms with van der Waals surface area (Å²) in [5, 5.41) is 4.10. The van der Waals surface area contributed by atoms with E-state index in [1.807, 2.05) is 31.2 Å². The Kier molecular flexibility index (Phi) is 5.74. The predicted molar refractivity (Wildman–Crippen MR) is 101 cm³/mol. The normalized spacial score (nSPS) is 17.7. The maximum absolute atomic E-state index is 13.0. The third kappa shape index (κ3) is 3.82. The Morgan fingerprint density at radius 2 is 1.77 bits per heavy atom. The number of nitrogens with zero attached hydrogens (tertiary/aromatic N) is 5. The van der Waals surface area contributed by atoms with Gasteiger partial charge in [-0.3, -0.25) is 0 Å². The molecule has 1 fully saturated rings. The van der Waals surface area contributed by atoms with Crippen molar-refractivity contribution in [3.8, 4) is 5.69 Å². The molecule has 0 spiro atoms. The van der Waals surface area contributed by atoms with Crippen LogP contribution in [0.15, 0.2) is 36.9 Å². The number of hydrogen-bond donors (Lipinski definition) is 0. The van der Waals surface area contributed by atoms with Crippen molar-refractivity contribution in [3.63, 3.8) is 0 Å². The second-order valence-electron chi connectivity index (χ2n) is 6.94. The molecule has 1 unspecified atom stereocenters. The molecule has 0 radical (unpaired) electrons. The first kappa shape index (κ1) is 19.0. The first-order chi connectivity index (χ1) is 12.4. The molecule has 8 heteroatoms. The molecular formula is C18H27N5O2S. The summed E-state index contributed by atoms with van der Waals surface area (Å²) < 4.78 is 30.8. The van der Waals surface area contributed by atoms with Crippen LogP contribution in [0.3, 0.4) is 0 Å². The smallest absolute Gasteiger partial charge is 0.223 e. The van der Waals surface area contributed by atoms with Gasteiger partial charge in [0.15, 0.2) is 0 Å². The van der Waals surface area contributed by atoms with Crippen LogP contribution in [-0.2, 0) is 10.2 Å². The van der Waals surface area contributed by atoms with Crippen LogP contribution in [0.2, 0.25) is 0 Å². The minimum absolute atomic E-state index is 0.109. The number of aromatic nitrogens is 3. The Morgan fingerprint density at radius 3 is 2.35 bits per heavy atom.